The Bertz CT molecular complexity index is 1200. The van der Waals surface area contributed by atoms with E-state index in [4.69, 9.17) is 14.2 Å². The average molecular weight is 440 g/mol. The molecule has 0 fully saturated rings. The number of nitrogens with zero attached hydrogens (tertiary/aromatic N) is 1. The van der Waals surface area contributed by atoms with Gasteiger partial charge in [0.2, 0.25) is 0 Å². The van der Waals surface area contributed by atoms with Crippen molar-refractivity contribution < 1.29 is 19.0 Å². The lowest BCUT2D eigenvalue weighted by Crippen LogP contribution is -2.12. The summed E-state index contributed by atoms with van der Waals surface area (Å²) in [5.41, 5.74) is 3.08. The number of amides is 1. The molecule has 166 valence electrons. The Morgan fingerprint density at radius 2 is 1.64 bits per heavy atom. The van der Waals surface area contributed by atoms with Crippen LogP contribution in [-0.2, 0) is 13.2 Å². The first kappa shape index (κ1) is 21.9. The van der Waals surface area contributed by atoms with Crippen molar-refractivity contribution in [1.82, 2.24) is 4.98 Å². The van der Waals surface area contributed by atoms with E-state index in [2.05, 4.69) is 10.3 Å². The number of carbonyl (C=O) groups excluding carboxylic acids is 1. The molecule has 0 aliphatic rings. The first-order chi connectivity index (χ1) is 16.2. The highest BCUT2D eigenvalue weighted by atomic mass is 16.5. The molecule has 0 bridgehead atoms. The minimum Gasteiger partial charge on any atom is -0.493 e. The van der Waals surface area contributed by atoms with Crippen molar-refractivity contribution in [3.8, 4) is 17.2 Å². The molecule has 1 heterocycles. The van der Waals surface area contributed by atoms with E-state index in [0.717, 1.165) is 11.1 Å². The molecule has 1 amide bonds. The number of ether oxygens (including phenoxy) is 3. The summed E-state index contributed by atoms with van der Waals surface area (Å²) in [5, 5.41) is 2.91. The fourth-order valence-electron chi connectivity index (χ4n) is 3.18. The molecule has 4 rings (SSSR count). The predicted octanol–water partition coefficient (Wildman–Crippen LogP) is 5.50. The van der Waals surface area contributed by atoms with Crippen LogP contribution in [0.1, 0.15) is 21.5 Å². The van der Waals surface area contributed by atoms with Gasteiger partial charge in [0, 0.05) is 35.3 Å². The van der Waals surface area contributed by atoms with Crippen LogP contribution in [-0.4, -0.2) is 18.0 Å². The molecule has 6 heteroatoms. The van der Waals surface area contributed by atoms with Crippen molar-refractivity contribution in [2.75, 3.05) is 12.4 Å². The first-order valence-electron chi connectivity index (χ1n) is 10.5. The van der Waals surface area contributed by atoms with Gasteiger partial charge in [-0.1, -0.05) is 42.5 Å². The van der Waals surface area contributed by atoms with E-state index in [1.54, 1.807) is 55.9 Å². The molecule has 0 saturated heterocycles. The van der Waals surface area contributed by atoms with Crippen LogP contribution >= 0.6 is 0 Å². The van der Waals surface area contributed by atoms with Gasteiger partial charge in [0.25, 0.3) is 5.91 Å². The van der Waals surface area contributed by atoms with E-state index in [9.17, 15) is 4.79 Å². The minimum atomic E-state index is -0.247. The molecule has 0 radical (unpaired) electrons. The molecule has 6 nitrogen and oxygen atoms in total. The van der Waals surface area contributed by atoms with Crippen molar-refractivity contribution in [3.05, 3.63) is 114 Å². The third-order valence-electron chi connectivity index (χ3n) is 4.88. The van der Waals surface area contributed by atoms with Gasteiger partial charge >= 0.3 is 0 Å². The van der Waals surface area contributed by atoms with Crippen molar-refractivity contribution in [1.29, 1.82) is 0 Å². The van der Waals surface area contributed by atoms with Crippen LogP contribution in [0.3, 0.4) is 0 Å². The SMILES string of the molecule is COc1ccc(NC(=O)c2cccc(OCc3ccccc3)c2)cc1OCc1cccnc1. The van der Waals surface area contributed by atoms with Crippen LogP contribution in [0.4, 0.5) is 5.69 Å². The molecule has 0 atom stereocenters. The van der Waals surface area contributed by atoms with Gasteiger partial charge < -0.3 is 19.5 Å². The fraction of sp³-hybridized carbons (Fsp3) is 0.111. The van der Waals surface area contributed by atoms with E-state index in [1.807, 2.05) is 48.5 Å². The highest BCUT2D eigenvalue weighted by molar-refractivity contribution is 6.04. The Labute approximate surface area is 192 Å². The second-order valence-corrected chi connectivity index (χ2v) is 7.27. The third-order valence-corrected chi connectivity index (χ3v) is 4.88. The molecule has 0 saturated carbocycles. The van der Waals surface area contributed by atoms with E-state index in [-0.39, 0.29) is 5.91 Å². The molecule has 33 heavy (non-hydrogen) atoms. The number of benzene rings is 3. The summed E-state index contributed by atoms with van der Waals surface area (Å²) in [5.74, 6) is 1.48. The van der Waals surface area contributed by atoms with Gasteiger partial charge in [0.1, 0.15) is 19.0 Å². The lowest BCUT2D eigenvalue weighted by molar-refractivity contribution is 0.102. The van der Waals surface area contributed by atoms with Gasteiger partial charge in [-0.05, 0) is 42.0 Å². The third kappa shape index (κ3) is 6.11. The van der Waals surface area contributed by atoms with E-state index in [0.29, 0.717) is 41.7 Å². The number of hydrogen-bond donors (Lipinski definition) is 1. The Morgan fingerprint density at radius 1 is 0.818 bits per heavy atom. The number of methoxy groups -OCH3 is 1. The standard InChI is InChI=1S/C27H24N2O4/c1-31-25-13-12-23(16-26(25)33-19-21-9-6-14-28-17-21)29-27(30)22-10-5-11-24(15-22)32-18-20-7-3-2-4-8-20/h2-17H,18-19H2,1H3,(H,29,30). The maximum atomic E-state index is 12.8. The molecule has 0 aliphatic heterocycles. The number of hydrogen-bond acceptors (Lipinski definition) is 5. The zero-order valence-electron chi connectivity index (χ0n) is 18.2. The van der Waals surface area contributed by atoms with Crippen LogP contribution in [0.5, 0.6) is 17.2 Å². The first-order valence-corrected chi connectivity index (χ1v) is 10.5. The number of anilines is 1. The highest BCUT2D eigenvalue weighted by Gasteiger charge is 2.11. The highest BCUT2D eigenvalue weighted by Crippen LogP contribution is 2.31. The van der Waals surface area contributed by atoms with Gasteiger partial charge in [-0.2, -0.15) is 0 Å². The lowest BCUT2D eigenvalue weighted by atomic mass is 10.2. The Hall–Kier alpha value is -4.32. The molecule has 3 aromatic carbocycles. The van der Waals surface area contributed by atoms with Crippen LogP contribution in [0, 0.1) is 0 Å². The summed E-state index contributed by atoms with van der Waals surface area (Å²) in [6.45, 7) is 0.768. The van der Waals surface area contributed by atoms with Gasteiger partial charge in [-0.15, -0.1) is 0 Å². The Kier molecular flexibility index (Phi) is 7.18. The summed E-state index contributed by atoms with van der Waals surface area (Å²) in [7, 11) is 1.57. The maximum absolute atomic E-state index is 12.8. The van der Waals surface area contributed by atoms with Crippen molar-refractivity contribution in [2.24, 2.45) is 0 Å². The van der Waals surface area contributed by atoms with E-state index < -0.39 is 0 Å². The van der Waals surface area contributed by atoms with Crippen molar-refractivity contribution >= 4 is 11.6 Å². The molecular formula is C27H24N2O4. The number of aromatic nitrogens is 1. The van der Waals surface area contributed by atoms with Crippen LogP contribution < -0.4 is 19.5 Å². The maximum Gasteiger partial charge on any atom is 0.255 e. The predicted molar refractivity (Wildman–Crippen MR) is 127 cm³/mol. The smallest absolute Gasteiger partial charge is 0.255 e. The van der Waals surface area contributed by atoms with E-state index >= 15 is 0 Å². The number of nitrogens with one attached hydrogen (secondary N) is 1. The number of pyridine rings is 1. The molecule has 4 aromatic rings. The summed E-state index contributed by atoms with van der Waals surface area (Å²) in [4.78, 5) is 16.9. The van der Waals surface area contributed by atoms with Gasteiger partial charge in [0.15, 0.2) is 11.5 Å². The normalized spacial score (nSPS) is 10.3. The minimum absolute atomic E-state index is 0.247. The molecule has 0 unspecified atom stereocenters. The molecule has 0 spiro atoms. The number of rotatable bonds is 9. The quantitative estimate of drug-likeness (QED) is 0.372. The summed E-state index contributed by atoms with van der Waals surface area (Å²) in [6, 6.07) is 26.0. The van der Waals surface area contributed by atoms with Gasteiger partial charge in [0.05, 0.1) is 7.11 Å². The Balaban J connectivity index is 1.42. The van der Waals surface area contributed by atoms with Gasteiger partial charge in [-0.3, -0.25) is 9.78 Å². The molecule has 0 aliphatic carbocycles. The lowest BCUT2D eigenvalue weighted by Gasteiger charge is -2.13. The van der Waals surface area contributed by atoms with Crippen LogP contribution in [0.15, 0.2) is 97.3 Å². The second-order valence-electron chi connectivity index (χ2n) is 7.27. The van der Waals surface area contributed by atoms with Crippen LogP contribution in [0.25, 0.3) is 0 Å². The zero-order chi connectivity index (χ0) is 22.9. The van der Waals surface area contributed by atoms with E-state index in [1.165, 1.54) is 0 Å². The monoisotopic (exact) mass is 440 g/mol. The van der Waals surface area contributed by atoms with Crippen LogP contribution in [0.2, 0.25) is 0 Å². The summed E-state index contributed by atoms with van der Waals surface area (Å²) >= 11 is 0. The summed E-state index contributed by atoms with van der Waals surface area (Å²) in [6.07, 6.45) is 3.45. The number of carbonyl (C=O) groups is 1. The molecule has 1 N–H and O–H groups in total. The molecule has 1 aromatic heterocycles. The van der Waals surface area contributed by atoms with Crippen molar-refractivity contribution in [3.63, 3.8) is 0 Å². The van der Waals surface area contributed by atoms with Gasteiger partial charge in [-0.25, -0.2) is 0 Å². The largest absolute Gasteiger partial charge is 0.493 e. The fourth-order valence-corrected chi connectivity index (χ4v) is 3.18. The second kappa shape index (κ2) is 10.8. The zero-order valence-corrected chi connectivity index (χ0v) is 18.2. The average Bonchev–Trinajstić information content (AvgIpc) is 2.88. The van der Waals surface area contributed by atoms with Crippen molar-refractivity contribution in [2.45, 2.75) is 13.2 Å². The topological polar surface area (TPSA) is 69.7 Å². The summed E-state index contributed by atoms with van der Waals surface area (Å²) < 4.78 is 17.1. The Morgan fingerprint density at radius 3 is 2.42 bits per heavy atom. The molecular weight excluding hydrogens is 416 g/mol.